The number of benzene rings is 1. The van der Waals surface area contributed by atoms with E-state index in [2.05, 4.69) is 11.8 Å². The maximum atomic E-state index is 11.3. The Balaban J connectivity index is 2.30. The lowest BCUT2D eigenvalue weighted by molar-refractivity contribution is 0.100. The van der Waals surface area contributed by atoms with Crippen molar-refractivity contribution in [3.8, 4) is 0 Å². The highest BCUT2D eigenvalue weighted by atomic mass is 16.1. The van der Waals surface area contributed by atoms with E-state index in [1.54, 1.807) is 6.07 Å². The van der Waals surface area contributed by atoms with Crippen molar-refractivity contribution in [2.24, 2.45) is 5.73 Å². The number of rotatable bonds is 5. The van der Waals surface area contributed by atoms with Crippen LogP contribution in [0.1, 0.15) is 36.5 Å². The van der Waals surface area contributed by atoms with E-state index in [-0.39, 0.29) is 0 Å². The molecule has 0 bridgehead atoms. The van der Waals surface area contributed by atoms with Crippen molar-refractivity contribution in [2.75, 3.05) is 17.2 Å². The maximum Gasteiger partial charge on any atom is 0.250 e. The molecule has 0 radical (unpaired) electrons. The molecule has 0 unspecified atom stereocenters. The lowest BCUT2D eigenvalue weighted by Crippen LogP contribution is -2.27. The smallest absolute Gasteiger partial charge is 0.250 e. The van der Waals surface area contributed by atoms with Crippen molar-refractivity contribution in [2.45, 2.75) is 32.2 Å². The number of nitrogens with two attached hydrogens (primary N) is 2. The Morgan fingerprint density at radius 3 is 2.71 bits per heavy atom. The zero-order valence-electron chi connectivity index (χ0n) is 10.1. The number of nitrogens with zero attached hydrogens (tertiary/aromatic N) is 1. The molecular weight excluding hydrogens is 214 g/mol. The Kier molecular flexibility index (Phi) is 3.22. The molecule has 1 fully saturated rings. The summed E-state index contributed by atoms with van der Waals surface area (Å²) in [6.07, 6.45) is 3.55. The Morgan fingerprint density at radius 2 is 2.18 bits per heavy atom. The summed E-state index contributed by atoms with van der Waals surface area (Å²) in [7, 11) is 0. The topological polar surface area (TPSA) is 72.3 Å². The molecular formula is C13H19N3O. The minimum Gasteiger partial charge on any atom is -0.398 e. The quantitative estimate of drug-likeness (QED) is 0.761. The van der Waals surface area contributed by atoms with Crippen LogP contribution in [0, 0.1) is 0 Å². The molecule has 4 heteroatoms. The van der Waals surface area contributed by atoms with Crippen LogP contribution >= 0.6 is 0 Å². The number of hydrogen-bond donors (Lipinski definition) is 2. The zero-order valence-corrected chi connectivity index (χ0v) is 10.1. The third-order valence-electron chi connectivity index (χ3n) is 3.09. The summed E-state index contributed by atoms with van der Waals surface area (Å²) in [4.78, 5) is 13.6. The molecule has 1 aromatic rings. The normalized spacial score (nSPS) is 14.6. The van der Waals surface area contributed by atoms with E-state index >= 15 is 0 Å². The average molecular weight is 233 g/mol. The van der Waals surface area contributed by atoms with Crippen LogP contribution in [0.5, 0.6) is 0 Å². The van der Waals surface area contributed by atoms with Gasteiger partial charge in [-0.05, 0) is 37.5 Å². The van der Waals surface area contributed by atoms with Crippen LogP contribution in [-0.4, -0.2) is 18.5 Å². The Morgan fingerprint density at radius 1 is 1.47 bits per heavy atom. The molecule has 0 atom stereocenters. The van der Waals surface area contributed by atoms with Gasteiger partial charge in [0.05, 0.1) is 5.56 Å². The average Bonchev–Trinajstić information content (AvgIpc) is 3.10. The van der Waals surface area contributed by atoms with Gasteiger partial charge in [-0.1, -0.05) is 6.92 Å². The number of nitrogen functional groups attached to an aromatic ring is 1. The number of hydrogen-bond acceptors (Lipinski definition) is 3. The second-order valence-electron chi connectivity index (χ2n) is 4.56. The fraction of sp³-hybridized carbons (Fsp3) is 0.462. The van der Waals surface area contributed by atoms with Crippen molar-refractivity contribution in [3.63, 3.8) is 0 Å². The van der Waals surface area contributed by atoms with Gasteiger partial charge in [0.1, 0.15) is 0 Å². The van der Waals surface area contributed by atoms with E-state index in [9.17, 15) is 4.79 Å². The molecule has 0 heterocycles. The van der Waals surface area contributed by atoms with Crippen LogP contribution < -0.4 is 16.4 Å². The van der Waals surface area contributed by atoms with Crippen molar-refractivity contribution < 1.29 is 4.79 Å². The molecule has 4 nitrogen and oxygen atoms in total. The molecule has 92 valence electrons. The molecule has 2 rings (SSSR count). The van der Waals surface area contributed by atoms with Crippen LogP contribution in [0.2, 0.25) is 0 Å². The summed E-state index contributed by atoms with van der Waals surface area (Å²) < 4.78 is 0. The summed E-state index contributed by atoms with van der Waals surface area (Å²) in [5, 5.41) is 0. The first-order valence-corrected chi connectivity index (χ1v) is 6.09. The first-order valence-electron chi connectivity index (χ1n) is 6.09. The third kappa shape index (κ3) is 2.52. The summed E-state index contributed by atoms with van der Waals surface area (Å²) in [6, 6.07) is 6.17. The van der Waals surface area contributed by atoms with Crippen molar-refractivity contribution >= 4 is 17.3 Å². The molecule has 0 spiro atoms. The first kappa shape index (κ1) is 11.8. The van der Waals surface area contributed by atoms with Gasteiger partial charge in [-0.15, -0.1) is 0 Å². The maximum absolute atomic E-state index is 11.3. The van der Waals surface area contributed by atoms with Crippen molar-refractivity contribution in [1.82, 2.24) is 0 Å². The van der Waals surface area contributed by atoms with Gasteiger partial charge in [0, 0.05) is 24.0 Å². The van der Waals surface area contributed by atoms with Gasteiger partial charge in [-0.25, -0.2) is 0 Å². The lowest BCUT2D eigenvalue weighted by atomic mass is 10.1. The molecule has 1 aromatic carbocycles. The lowest BCUT2D eigenvalue weighted by Gasteiger charge is -2.24. The van der Waals surface area contributed by atoms with Gasteiger partial charge in [-0.3, -0.25) is 4.79 Å². The number of carbonyl (C=O) groups is 1. The van der Waals surface area contributed by atoms with Crippen LogP contribution in [0.3, 0.4) is 0 Å². The number of primary amides is 1. The van der Waals surface area contributed by atoms with Gasteiger partial charge < -0.3 is 16.4 Å². The summed E-state index contributed by atoms with van der Waals surface area (Å²) in [6.45, 7) is 3.16. The van der Waals surface area contributed by atoms with Gasteiger partial charge in [0.25, 0.3) is 5.91 Å². The summed E-state index contributed by atoms with van der Waals surface area (Å²) >= 11 is 0. The van der Waals surface area contributed by atoms with E-state index in [4.69, 9.17) is 11.5 Å². The minimum atomic E-state index is -0.461. The monoisotopic (exact) mass is 233 g/mol. The van der Waals surface area contributed by atoms with Gasteiger partial charge in [0.2, 0.25) is 0 Å². The third-order valence-corrected chi connectivity index (χ3v) is 3.09. The zero-order chi connectivity index (χ0) is 12.4. The number of amides is 1. The standard InChI is InChI=1S/C13H19N3O/c1-2-7-16(9-3-4-9)10-5-6-12(14)11(8-10)13(15)17/h5-6,8-9H,2-4,7,14H2,1H3,(H2,15,17). The molecule has 0 aliphatic heterocycles. The Bertz CT molecular complexity index is 427. The molecule has 0 aromatic heterocycles. The molecule has 1 aliphatic carbocycles. The number of carbonyl (C=O) groups excluding carboxylic acids is 1. The predicted octanol–water partition coefficient (Wildman–Crippen LogP) is 1.75. The van der Waals surface area contributed by atoms with E-state index in [0.717, 1.165) is 18.7 Å². The highest BCUT2D eigenvalue weighted by molar-refractivity contribution is 5.99. The Labute approximate surface area is 102 Å². The van der Waals surface area contributed by atoms with E-state index in [0.29, 0.717) is 17.3 Å². The van der Waals surface area contributed by atoms with Crippen molar-refractivity contribution in [3.05, 3.63) is 23.8 Å². The van der Waals surface area contributed by atoms with Gasteiger partial charge >= 0.3 is 0 Å². The van der Waals surface area contributed by atoms with E-state index in [1.807, 2.05) is 12.1 Å². The van der Waals surface area contributed by atoms with Gasteiger partial charge in [-0.2, -0.15) is 0 Å². The second kappa shape index (κ2) is 4.65. The summed E-state index contributed by atoms with van der Waals surface area (Å²) in [5.41, 5.74) is 13.0. The molecule has 1 aliphatic rings. The van der Waals surface area contributed by atoms with Crippen LogP contribution in [0.4, 0.5) is 11.4 Å². The molecule has 4 N–H and O–H groups in total. The minimum absolute atomic E-state index is 0.421. The highest BCUT2D eigenvalue weighted by Gasteiger charge is 2.29. The van der Waals surface area contributed by atoms with Crippen LogP contribution in [-0.2, 0) is 0 Å². The highest BCUT2D eigenvalue weighted by Crippen LogP contribution is 2.33. The second-order valence-corrected chi connectivity index (χ2v) is 4.56. The fourth-order valence-electron chi connectivity index (χ4n) is 2.09. The Hall–Kier alpha value is -1.71. The summed E-state index contributed by atoms with van der Waals surface area (Å²) in [5.74, 6) is -0.461. The van der Waals surface area contributed by atoms with E-state index in [1.165, 1.54) is 12.8 Å². The van der Waals surface area contributed by atoms with Crippen molar-refractivity contribution in [1.29, 1.82) is 0 Å². The molecule has 1 amide bonds. The van der Waals surface area contributed by atoms with Gasteiger partial charge in [0.15, 0.2) is 0 Å². The number of anilines is 2. The SMILES string of the molecule is CCCN(c1ccc(N)c(C(N)=O)c1)C1CC1. The molecule has 0 saturated heterocycles. The molecule has 17 heavy (non-hydrogen) atoms. The predicted molar refractivity (Wildman–Crippen MR) is 70.0 cm³/mol. The largest absolute Gasteiger partial charge is 0.398 e. The molecule has 1 saturated carbocycles. The van der Waals surface area contributed by atoms with Crippen LogP contribution in [0.15, 0.2) is 18.2 Å². The van der Waals surface area contributed by atoms with E-state index < -0.39 is 5.91 Å². The fourth-order valence-corrected chi connectivity index (χ4v) is 2.09. The first-order chi connectivity index (χ1) is 8.13. The van der Waals surface area contributed by atoms with Crippen LogP contribution in [0.25, 0.3) is 0 Å².